The Kier molecular flexibility index (Phi) is 4.23. The second-order valence-corrected chi connectivity index (χ2v) is 8.11. The fourth-order valence-corrected chi connectivity index (χ4v) is 5.54. The quantitative estimate of drug-likeness (QED) is 0.887. The topological polar surface area (TPSA) is 65.6 Å². The summed E-state index contributed by atoms with van der Waals surface area (Å²) in [6.07, 6.45) is 3.77. The number of aromatic nitrogens is 1. The van der Waals surface area contributed by atoms with E-state index in [1.54, 1.807) is 0 Å². The van der Waals surface area contributed by atoms with Crippen LogP contribution in [0.25, 0.3) is 0 Å². The first kappa shape index (κ1) is 17.5. The number of amides is 1. The van der Waals surface area contributed by atoms with Crippen molar-refractivity contribution >= 4 is 5.91 Å². The first-order chi connectivity index (χ1) is 13.7. The summed E-state index contributed by atoms with van der Waals surface area (Å²) in [5.74, 6) is 0.989. The van der Waals surface area contributed by atoms with Crippen LogP contribution in [0, 0.1) is 5.92 Å². The van der Waals surface area contributed by atoms with E-state index >= 15 is 0 Å². The maximum Gasteiger partial charge on any atom is 0.270 e. The van der Waals surface area contributed by atoms with E-state index < -0.39 is 0 Å². The normalized spacial score (nSPS) is 30.9. The first-order valence-electron chi connectivity index (χ1n) is 10.0. The number of aromatic amines is 1. The third kappa shape index (κ3) is 2.66. The first-order valence-corrected chi connectivity index (χ1v) is 10.0. The predicted molar refractivity (Wildman–Crippen MR) is 106 cm³/mol. The highest BCUT2D eigenvalue weighted by Gasteiger charge is 2.54. The van der Waals surface area contributed by atoms with Crippen molar-refractivity contribution in [3.8, 4) is 5.75 Å². The molecule has 5 heterocycles. The van der Waals surface area contributed by atoms with Crippen molar-refractivity contribution in [1.82, 2.24) is 14.8 Å². The van der Waals surface area contributed by atoms with E-state index in [0.717, 1.165) is 25.9 Å². The molecule has 1 N–H and O–H groups in total. The zero-order chi connectivity index (χ0) is 19.3. The summed E-state index contributed by atoms with van der Waals surface area (Å²) in [5.41, 5.74) is 1.37. The van der Waals surface area contributed by atoms with Crippen molar-refractivity contribution in [3.05, 3.63) is 64.1 Å². The lowest BCUT2D eigenvalue weighted by molar-refractivity contribution is -0.00358. The minimum absolute atomic E-state index is 0.0815. The molecule has 3 unspecified atom stereocenters. The number of hydrogen-bond acceptors (Lipinski definition) is 4. The lowest BCUT2D eigenvalue weighted by Gasteiger charge is -2.51. The molecule has 0 saturated carbocycles. The highest BCUT2D eigenvalue weighted by molar-refractivity contribution is 5.93. The summed E-state index contributed by atoms with van der Waals surface area (Å²) >= 11 is 0. The van der Waals surface area contributed by atoms with E-state index in [-0.39, 0.29) is 23.1 Å². The average Bonchev–Trinajstić information content (AvgIpc) is 3.17. The number of nitrogens with one attached hydrogen (secondary N) is 1. The Morgan fingerprint density at radius 3 is 2.57 bits per heavy atom. The van der Waals surface area contributed by atoms with Gasteiger partial charge in [0.2, 0.25) is 5.43 Å². The maximum atomic E-state index is 13.4. The standard InChI is InChI=1S/C22H25N3O3/c1-28-19-12-23-17(11-18(19)26)22(27)25-13-16(14-5-3-2-4-6-14)21-20(25)15-7-9-24(21)10-8-15/h2-6,11-12,15-16,20-21H,7-10,13H2,1H3,(H,23,26). The van der Waals surface area contributed by atoms with Gasteiger partial charge in [0, 0.05) is 30.8 Å². The van der Waals surface area contributed by atoms with Crippen molar-refractivity contribution < 1.29 is 9.53 Å². The summed E-state index contributed by atoms with van der Waals surface area (Å²) in [6.45, 7) is 2.94. The van der Waals surface area contributed by atoms with Crippen molar-refractivity contribution in [2.24, 2.45) is 5.92 Å². The highest BCUT2D eigenvalue weighted by Crippen LogP contribution is 2.46. The van der Waals surface area contributed by atoms with Gasteiger partial charge in [-0.25, -0.2) is 0 Å². The number of pyridine rings is 1. The maximum absolute atomic E-state index is 13.4. The summed E-state index contributed by atoms with van der Waals surface area (Å²) in [5, 5.41) is 0. The van der Waals surface area contributed by atoms with Gasteiger partial charge in [-0.3, -0.25) is 14.5 Å². The molecule has 0 radical (unpaired) electrons. The van der Waals surface area contributed by atoms with Crippen molar-refractivity contribution in [3.63, 3.8) is 0 Å². The molecule has 2 bridgehead atoms. The van der Waals surface area contributed by atoms with Gasteiger partial charge in [-0.2, -0.15) is 0 Å². The molecule has 6 heteroatoms. The third-order valence-electron chi connectivity index (χ3n) is 6.81. The molecule has 0 aliphatic carbocycles. The molecule has 146 valence electrons. The summed E-state index contributed by atoms with van der Waals surface area (Å²) in [4.78, 5) is 33.1. The number of benzene rings is 1. The fourth-order valence-electron chi connectivity index (χ4n) is 5.54. The summed E-state index contributed by atoms with van der Waals surface area (Å²) in [7, 11) is 1.45. The number of nitrogens with zero attached hydrogens (tertiary/aromatic N) is 2. The van der Waals surface area contributed by atoms with E-state index in [4.69, 9.17) is 4.74 Å². The Bertz CT molecular complexity index is 934. The molecular weight excluding hydrogens is 354 g/mol. The van der Waals surface area contributed by atoms with Crippen LogP contribution in [0.5, 0.6) is 5.75 Å². The Morgan fingerprint density at radius 2 is 1.89 bits per heavy atom. The zero-order valence-corrected chi connectivity index (χ0v) is 16.0. The molecular formula is C22H25N3O3. The number of rotatable bonds is 3. The Labute approximate surface area is 164 Å². The molecule has 4 fully saturated rings. The molecule has 4 aliphatic rings. The van der Waals surface area contributed by atoms with E-state index in [9.17, 15) is 9.59 Å². The van der Waals surface area contributed by atoms with Gasteiger partial charge in [-0.1, -0.05) is 30.3 Å². The second kappa shape index (κ2) is 6.78. The molecule has 1 aromatic carbocycles. The van der Waals surface area contributed by atoms with E-state index in [1.165, 1.54) is 24.9 Å². The van der Waals surface area contributed by atoms with Crippen LogP contribution in [0.1, 0.15) is 34.8 Å². The SMILES string of the molecule is COc1c[nH]c(C(=O)N2CC(c3ccccc3)C3C2C2CCN3CC2)cc1=O. The van der Waals surface area contributed by atoms with Gasteiger partial charge in [-0.15, -0.1) is 0 Å². The van der Waals surface area contributed by atoms with Crippen LogP contribution in [0.2, 0.25) is 0 Å². The van der Waals surface area contributed by atoms with Crippen LogP contribution in [0.15, 0.2) is 47.4 Å². The number of H-pyrrole nitrogens is 1. The number of fused-ring (bicyclic) bond motifs is 2. The smallest absolute Gasteiger partial charge is 0.270 e. The number of carbonyl (C=O) groups excluding carboxylic acids is 1. The number of likely N-dealkylation sites (tertiary alicyclic amines) is 1. The van der Waals surface area contributed by atoms with Crippen molar-refractivity contribution in [1.29, 1.82) is 0 Å². The molecule has 3 atom stereocenters. The van der Waals surface area contributed by atoms with E-state index in [1.807, 2.05) is 11.0 Å². The fraction of sp³-hybridized carbons (Fsp3) is 0.455. The molecule has 6 rings (SSSR count). The molecule has 28 heavy (non-hydrogen) atoms. The van der Waals surface area contributed by atoms with Gasteiger partial charge in [0.15, 0.2) is 5.75 Å². The van der Waals surface area contributed by atoms with Gasteiger partial charge in [0.25, 0.3) is 5.91 Å². The minimum atomic E-state index is -0.270. The molecule has 4 aliphatic heterocycles. The lowest BCUT2D eigenvalue weighted by atomic mass is 9.75. The number of carbonyl (C=O) groups is 1. The van der Waals surface area contributed by atoms with Crippen LogP contribution in [0.3, 0.4) is 0 Å². The van der Waals surface area contributed by atoms with E-state index in [2.05, 4.69) is 34.1 Å². The van der Waals surface area contributed by atoms with Gasteiger partial charge in [0.05, 0.1) is 13.2 Å². The second-order valence-electron chi connectivity index (χ2n) is 8.11. The zero-order valence-electron chi connectivity index (χ0n) is 16.0. The van der Waals surface area contributed by atoms with Gasteiger partial charge >= 0.3 is 0 Å². The molecule has 1 amide bonds. The molecule has 1 aromatic heterocycles. The Balaban J connectivity index is 1.51. The van der Waals surface area contributed by atoms with Gasteiger partial charge in [0.1, 0.15) is 5.69 Å². The molecule has 6 nitrogen and oxygen atoms in total. The summed E-state index contributed by atoms with van der Waals surface area (Å²) in [6, 6.07) is 12.5. The van der Waals surface area contributed by atoms with Crippen LogP contribution >= 0.6 is 0 Å². The van der Waals surface area contributed by atoms with Crippen LogP contribution in [-0.4, -0.2) is 59.5 Å². The van der Waals surface area contributed by atoms with Crippen LogP contribution < -0.4 is 10.2 Å². The van der Waals surface area contributed by atoms with E-state index in [0.29, 0.717) is 30.1 Å². The van der Waals surface area contributed by atoms with Crippen LogP contribution in [-0.2, 0) is 0 Å². The molecule has 0 spiro atoms. The average molecular weight is 379 g/mol. The van der Waals surface area contributed by atoms with Crippen molar-refractivity contribution in [2.45, 2.75) is 30.8 Å². The highest BCUT2D eigenvalue weighted by atomic mass is 16.5. The van der Waals surface area contributed by atoms with Crippen LogP contribution in [0.4, 0.5) is 0 Å². The Morgan fingerprint density at radius 1 is 1.14 bits per heavy atom. The van der Waals surface area contributed by atoms with Gasteiger partial charge in [-0.05, 0) is 37.4 Å². The van der Waals surface area contributed by atoms with Gasteiger partial charge < -0.3 is 14.6 Å². The largest absolute Gasteiger partial charge is 0.491 e. The number of hydrogen-bond donors (Lipinski definition) is 1. The Hall–Kier alpha value is -2.60. The number of ether oxygens (including phenoxy) is 1. The number of methoxy groups -OCH3 is 1. The van der Waals surface area contributed by atoms with Crippen molar-refractivity contribution in [2.75, 3.05) is 26.7 Å². The summed E-state index contributed by atoms with van der Waals surface area (Å²) < 4.78 is 5.03. The third-order valence-corrected chi connectivity index (χ3v) is 6.81. The number of piperidine rings is 3. The molecule has 2 aromatic rings. The minimum Gasteiger partial charge on any atom is -0.491 e. The lowest BCUT2D eigenvalue weighted by Crippen LogP contribution is -2.60. The monoisotopic (exact) mass is 379 g/mol. The molecule has 4 saturated heterocycles. The predicted octanol–water partition coefficient (Wildman–Crippen LogP) is 2.09.